The van der Waals surface area contributed by atoms with Gasteiger partial charge in [-0.3, -0.25) is 4.79 Å². The molecule has 0 aliphatic carbocycles. The number of esters is 1. The van der Waals surface area contributed by atoms with Crippen molar-refractivity contribution in [1.82, 2.24) is 0 Å². The molecule has 1 aromatic carbocycles. The van der Waals surface area contributed by atoms with Gasteiger partial charge in [0.2, 0.25) is 0 Å². The number of rotatable bonds is 6. The lowest BCUT2D eigenvalue weighted by Crippen LogP contribution is -2.03. The first-order chi connectivity index (χ1) is 8.22. The zero-order chi connectivity index (χ0) is 12.5. The van der Waals surface area contributed by atoms with Crippen molar-refractivity contribution < 1.29 is 9.53 Å². The van der Waals surface area contributed by atoms with Crippen LogP contribution in [0.3, 0.4) is 0 Å². The van der Waals surface area contributed by atoms with Crippen LogP contribution in [0.5, 0.6) is 0 Å². The second-order valence-corrected chi connectivity index (χ2v) is 4.17. The second-order valence-electron chi connectivity index (χ2n) is 3.73. The van der Waals surface area contributed by atoms with Gasteiger partial charge in [0.25, 0.3) is 0 Å². The Bertz CT molecular complexity index is 368. The summed E-state index contributed by atoms with van der Waals surface area (Å²) >= 11 is 5.77. The Labute approximate surface area is 107 Å². The third-order valence-corrected chi connectivity index (χ3v) is 2.48. The van der Waals surface area contributed by atoms with Crippen LogP contribution in [0.1, 0.15) is 31.7 Å². The molecule has 0 aromatic heterocycles. The Morgan fingerprint density at radius 2 is 2.06 bits per heavy atom. The first kappa shape index (κ1) is 13.8. The highest BCUT2D eigenvalue weighted by Gasteiger charge is 1.98. The lowest BCUT2D eigenvalue weighted by molar-refractivity contribution is -0.142. The fourth-order valence-electron chi connectivity index (χ4n) is 1.25. The number of hydrogen-bond donors (Lipinski definition) is 0. The van der Waals surface area contributed by atoms with Crippen LogP contribution in [0.15, 0.2) is 30.3 Å². The fourth-order valence-corrected chi connectivity index (χ4v) is 1.38. The van der Waals surface area contributed by atoms with Crippen molar-refractivity contribution in [2.75, 3.05) is 6.61 Å². The van der Waals surface area contributed by atoms with Crippen molar-refractivity contribution in [1.29, 1.82) is 0 Å². The molecule has 0 spiro atoms. The Balaban J connectivity index is 2.29. The molecule has 0 atom stereocenters. The highest BCUT2D eigenvalue weighted by molar-refractivity contribution is 6.30. The van der Waals surface area contributed by atoms with E-state index in [1.165, 1.54) is 0 Å². The van der Waals surface area contributed by atoms with Crippen molar-refractivity contribution >= 4 is 23.6 Å². The van der Waals surface area contributed by atoms with Crippen LogP contribution < -0.4 is 0 Å². The van der Waals surface area contributed by atoms with E-state index in [0.717, 1.165) is 18.4 Å². The maximum atomic E-state index is 11.3. The minimum absolute atomic E-state index is 0.177. The molecule has 0 saturated carbocycles. The van der Waals surface area contributed by atoms with Crippen LogP contribution in [-0.4, -0.2) is 12.6 Å². The van der Waals surface area contributed by atoms with Crippen LogP contribution in [0.4, 0.5) is 0 Å². The summed E-state index contributed by atoms with van der Waals surface area (Å²) in [7, 11) is 0. The number of unbranched alkanes of at least 4 members (excludes halogenated alkanes) is 1. The Hall–Kier alpha value is -1.28. The summed E-state index contributed by atoms with van der Waals surface area (Å²) in [4.78, 5) is 11.3. The summed E-state index contributed by atoms with van der Waals surface area (Å²) in [6.45, 7) is 2.58. The molecule has 0 N–H and O–H groups in total. The number of benzene rings is 1. The monoisotopic (exact) mass is 252 g/mol. The summed E-state index contributed by atoms with van der Waals surface area (Å²) in [6, 6.07) is 7.45. The molecule has 0 heterocycles. The number of carbonyl (C=O) groups is 1. The van der Waals surface area contributed by atoms with E-state index >= 15 is 0 Å². The standard InChI is InChI=1S/C14H17ClO2/c1-2-3-11-17-14(16)6-4-5-12-7-9-13(15)10-8-12/h4-5,7-10H,2-3,6,11H2,1H3/b5-4+. The molecule has 1 rings (SSSR count). The first-order valence-electron chi connectivity index (χ1n) is 5.80. The third kappa shape index (κ3) is 6.12. The second kappa shape index (κ2) is 7.91. The Kier molecular flexibility index (Phi) is 6.41. The summed E-state index contributed by atoms with van der Waals surface area (Å²) in [6.07, 6.45) is 5.96. The van der Waals surface area contributed by atoms with Crippen LogP contribution >= 0.6 is 11.6 Å². The van der Waals surface area contributed by atoms with Gasteiger partial charge >= 0.3 is 5.97 Å². The molecule has 0 unspecified atom stereocenters. The molecule has 0 saturated heterocycles. The molecule has 92 valence electrons. The van der Waals surface area contributed by atoms with Crippen molar-refractivity contribution in [3.63, 3.8) is 0 Å². The quantitative estimate of drug-likeness (QED) is 0.563. The van der Waals surface area contributed by atoms with E-state index in [-0.39, 0.29) is 5.97 Å². The minimum atomic E-state index is -0.177. The SMILES string of the molecule is CCCCOC(=O)C/C=C/c1ccc(Cl)cc1. The molecular weight excluding hydrogens is 236 g/mol. The van der Waals surface area contributed by atoms with Crippen LogP contribution in [0.2, 0.25) is 5.02 Å². The van der Waals surface area contributed by atoms with Gasteiger partial charge in [-0.1, -0.05) is 49.2 Å². The average molecular weight is 253 g/mol. The van der Waals surface area contributed by atoms with Crippen molar-refractivity contribution in [2.24, 2.45) is 0 Å². The van der Waals surface area contributed by atoms with E-state index in [2.05, 4.69) is 6.92 Å². The van der Waals surface area contributed by atoms with Crippen LogP contribution in [0.25, 0.3) is 6.08 Å². The van der Waals surface area contributed by atoms with Crippen molar-refractivity contribution in [2.45, 2.75) is 26.2 Å². The zero-order valence-corrected chi connectivity index (χ0v) is 10.7. The number of hydrogen-bond acceptors (Lipinski definition) is 2. The van der Waals surface area contributed by atoms with Gasteiger partial charge in [-0.25, -0.2) is 0 Å². The number of carbonyl (C=O) groups excluding carboxylic acids is 1. The largest absolute Gasteiger partial charge is 0.465 e. The highest BCUT2D eigenvalue weighted by Crippen LogP contribution is 2.10. The molecule has 0 aliphatic heterocycles. The highest BCUT2D eigenvalue weighted by atomic mass is 35.5. The van der Waals surface area contributed by atoms with Crippen molar-refractivity contribution in [3.8, 4) is 0 Å². The topological polar surface area (TPSA) is 26.3 Å². The summed E-state index contributed by atoms with van der Waals surface area (Å²) in [5, 5.41) is 0.709. The first-order valence-corrected chi connectivity index (χ1v) is 6.18. The van der Waals surface area contributed by atoms with Gasteiger partial charge in [0, 0.05) is 5.02 Å². The van der Waals surface area contributed by atoms with Gasteiger partial charge in [-0.05, 0) is 24.1 Å². The van der Waals surface area contributed by atoms with Gasteiger partial charge in [-0.2, -0.15) is 0 Å². The minimum Gasteiger partial charge on any atom is -0.465 e. The molecule has 17 heavy (non-hydrogen) atoms. The maximum Gasteiger partial charge on any atom is 0.309 e. The van der Waals surface area contributed by atoms with E-state index in [9.17, 15) is 4.79 Å². The molecule has 0 radical (unpaired) electrons. The molecule has 0 aliphatic rings. The van der Waals surface area contributed by atoms with Crippen LogP contribution in [-0.2, 0) is 9.53 Å². The van der Waals surface area contributed by atoms with Gasteiger partial charge < -0.3 is 4.74 Å². The smallest absolute Gasteiger partial charge is 0.309 e. The Morgan fingerprint density at radius 1 is 1.35 bits per heavy atom. The lowest BCUT2D eigenvalue weighted by Gasteiger charge is -2.00. The lowest BCUT2D eigenvalue weighted by atomic mass is 10.2. The van der Waals surface area contributed by atoms with Gasteiger partial charge in [-0.15, -0.1) is 0 Å². The maximum absolute atomic E-state index is 11.3. The predicted molar refractivity (Wildman–Crippen MR) is 71.0 cm³/mol. The van der Waals surface area contributed by atoms with Crippen LogP contribution in [0, 0.1) is 0 Å². The van der Waals surface area contributed by atoms with E-state index in [0.29, 0.717) is 18.1 Å². The number of ether oxygens (including phenoxy) is 1. The molecule has 0 bridgehead atoms. The van der Waals surface area contributed by atoms with E-state index < -0.39 is 0 Å². The van der Waals surface area contributed by atoms with Crippen molar-refractivity contribution in [3.05, 3.63) is 40.9 Å². The van der Waals surface area contributed by atoms with E-state index in [1.54, 1.807) is 6.08 Å². The van der Waals surface area contributed by atoms with E-state index in [1.807, 2.05) is 30.3 Å². The van der Waals surface area contributed by atoms with E-state index in [4.69, 9.17) is 16.3 Å². The Morgan fingerprint density at radius 3 is 2.71 bits per heavy atom. The average Bonchev–Trinajstić information content (AvgIpc) is 2.32. The molecule has 0 amide bonds. The molecule has 2 nitrogen and oxygen atoms in total. The molecule has 0 fully saturated rings. The predicted octanol–water partition coefficient (Wildman–Crippen LogP) is 4.09. The normalized spacial score (nSPS) is 10.7. The zero-order valence-electron chi connectivity index (χ0n) is 9.99. The summed E-state index contributed by atoms with van der Waals surface area (Å²) in [5.41, 5.74) is 1.02. The molecule has 3 heteroatoms. The molecular formula is C14H17ClO2. The molecule has 1 aromatic rings. The van der Waals surface area contributed by atoms with Gasteiger partial charge in [0.15, 0.2) is 0 Å². The fraction of sp³-hybridized carbons (Fsp3) is 0.357. The number of halogens is 1. The summed E-state index contributed by atoms with van der Waals surface area (Å²) < 4.78 is 5.03. The van der Waals surface area contributed by atoms with Gasteiger partial charge in [0.1, 0.15) is 0 Å². The van der Waals surface area contributed by atoms with Gasteiger partial charge in [0.05, 0.1) is 13.0 Å². The third-order valence-electron chi connectivity index (χ3n) is 2.23. The summed E-state index contributed by atoms with van der Waals surface area (Å²) in [5.74, 6) is -0.177.